The highest BCUT2D eigenvalue weighted by Crippen LogP contribution is 2.37. The van der Waals surface area contributed by atoms with Crippen molar-refractivity contribution in [3.8, 4) is 0 Å². The summed E-state index contributed by atoms with van der Waals surface area (Å²) < 4.78 is 50.4. The number of hydrogen-bond donors (Lipinski definition) is 2. The number of alkyl halides is 3. The second-order valence-electron chi connectivity index (χ2n) is 7.15. The van der Waals surface area contributed by atoms with Gasteiger partial charge in [0.1, 0.15) is 5.76 Å². The second kappa shape index (κ2) is 9.35. The van der Waals surface area contributed by atoms with Crippen LogP contribution in [-0.4, -0.2) is 39.3 Å². The Morgan fingerprint density at radius 3 is 2.59 bits per heavy atom. The van der Waals surface area contributed by atoms with Gasteiger partial charge in [-0.1, -0.05) is 18.2 Å². The second-order valence-corrected chi connectivity index (χ2v) is 7.15. The molecule has 0 bridgehead atoms. The molecule has 1 saturated heterocycles. The van der Waals surface area contributed by atoms with Gasteiger partial charge in [0.05, 0.1) is 11.8 Å². The highest BCUT2D eigenvalue weighted by atomic mass is 19.4. The Kier molecular flexibility index (Phi) is 6.84. The molecular weight excluding hydrogens is 383 g/mol. The van der Waals surface area contributed by atoms with Crippen LogP contribution in [0.5, 0.6) is 0 Å². The number of hydrogen-bond acceptors (Lipinski definition) is 3. The number of nitrogens with zero attached hydrogens (tertiary/aromatic N) is 1. The van der Waals surface area contributed by atoms with E-state index in [1.54, 1.807) is 19.4 Å². The van der Waals surface area contributed by atoms with E-state index in [0.717, 1.165) is 11.8 Å². The Labute approximate surface area is 168 Å². The number of ether oxygens (including phenoxy) is 1. The third-order valence-electron chi connectivity index (χ3n) is 5.31. The number of nitrogens with one attached hydrogen (secondary N) is 2. The largest absolute Gasteiger partial charge is 0.469 e. The van der Waals surface area contributed by atoms with Gasteiger partial charge in [0.25, 0.3) is 0 Å². The standard InChI is InChI=1S/C21H26F3N3O2/c1-25-19(26-10-7-18-6-3-11-29-18)27-15-20(8-12-28-13-9-20)16-4-2-5-17(14-16)21(22,23)24/h2-6,11,14H,7-10,12-13,15H2,1H3,(H2,25,26,27). The van der Waals surface area contributed by atoms with E-state index < -0.39 is 17.2 Å². The van der Waals surface area contributed by atoms with Gasteiger partial charge in [-0.2, -0.15) is 13.2 Å². The molecule has 1 aromatic heterocycles. The van der Waals surface area contributed by atoms with E-state index in [0.29, 0.717) is 57.1 Å². The molecule has 158 valence electrons. The van der Waals surface area contributed by atoms with Crippen LogP contribution in [0.25, 0.3) is 0 Å². The lowest BCUT2D eigenvalue weighted by Gasteiger charge is -2.38. The monoisotopic (exact) mass is 409 g/mol. The van der Waals surface area contributed by atoms with Crippen LogP contribution in [0.3, 0.4) is 0 Å². The lowest BCUT2D eigenvalue weighted by Crippen LogP contribution is -2.48. The zero-order valence-corrected chi connectivity index (χ0v) is 16.4. The van der Waals surface area contributed by atoms with Crippen molar-refractivity contribution in [2.75, 3.05) is 33.4 Å². The fraction of sp³-hybridized carbons (Fsp3) is 0.476. The Morgan fingerprint density at radius 2 is 1.93 bits per heavy atom. The molecule has 5 nitrogen and oxygen atoms in total. The van der Waals surface area contributed by atoms with Crippen molar-refractivity contribution < 1.29 is 22.3 Å². The smallest absolute Gasteiger partial charge is 0.416 e. The fourth-order valence-corrected chi connectivity index (χ4v) is 3.59. The summed E-state index contributed by atoms with van der Waals surface area (Å²) in [6.07, 6.45) is -0.735. The van der Waals surface area contributed by atoms with Crippen LogP contribution in [0.15, 0.2) is 52.1 Å². The molecule has 0 radical (unpaired) electrons. The van der Waals surface area contributed by atoms with E-state index in [2.05, 4.69) is 15.6 Å². The molecule has 1 fully saturated rings. The van der Waals surface area contributed by atoms with Gasteiger partial charge < -0.3 is 19.8 Å². The minimum absolute atomic E-state index is 0.446. The Bertz CT molecular complexity index is 798. The van der Waals surface area contributed by atoms with Crippen molar-refractivity contribution >= 4 is 5.96 Å². The molecule has 3 rings (SSSR count). The summed E-state index contributed by atoms with van der Waals surface area (Å²) in [6, 6.07) is 9.37. The molecule has 0 amide bonds. The van der Waals surface area contributed by atoms with Crippen LogP contribution >= 0.6 is 0 Å². The molecule has 0 saturated carbocycles. The number of guanidine groups is 1. The van der Waals surface area contributed by atoms with E-state index in [9.17, 15) is 13.2 Å². The predicted molar refractivity (Wildman–Crippen MR) is 105 cm³/mol. The van der Waals surface area contributed by atoms with Crippen molar-refractivity contribution in [1.29, 1.82) is 0 Å². The normalized spacial score (nSPS) is 17.2. The first-order chi connectivity index (χ1) is 13.9. The van der Waals surface area contributed by atoms with Crippen LogP contribution in [0.1, 0.15) is 29.7 Å². The molecule has 2 N–H and O–H groups in total. The average molecular weight is 409 g/mol. The lowest BCUT2D eigenvalue weighted by molar-refractivity contribution is -0.137. The van der Waals surface area contributed by atoms with Gasteiger partial charge in [-0.25, -0.2) is 0 Å². The topological polar surface area (TPSA) is 58.8 Å². The minimum atomic E-state index is -4.36. The van der Waals surface area contributed by atoms with Crippen LogP contribution in [-0.2, 0) is 22.7 Å². The van der Waals surface area contributed by atoms with E-state index in [-0.39, 0.29) is 0 Å². The van der Waals surface area contributed by atoms with Gasteiger partial charge in [-0.3, -0.25) is 4.99 Å². The Morgan fingerprint density at radius 1 is 1.14 bits per heavy atom. The third kappa shape index (κ3) is 5.53. The molecule has 8 heteroatoms. The molecule has 29 heavy (non-hydrogen) atoms. The van der Waals surface area contributed by atoms with Crippen molar-refractivity contribution in [2.45, 2.75) is 30.9 Å². The lowest BCUT2D eigenvalue weighted by atomic mass is 9.73. The number of furan rings is 1. The summed E-state index contributed by atoms with van der Waals surface area (Å²) in [5.41, 5.74) is -0.394. The van der Waals surface area contributed by atoms with Crippen LogP contribution in [0.4, 0.5) is 13.2 Å². The number of benzene rings is 1. The molecule has 0 unspecified atom stereocenters. The molecular formula is C21H26F3N3O2. The maximum atomic E-state index is 13.2. The Hall–Kier alpha value is -2.48. The molecule has 1 aliphatic rings. The van der Waals surface area contributed by atoms with Gasteiger partial charge in [0.15, 0.2) is 5.96 Å². The summed E-state index contributed by atoms with van der Waals surface area (Å²) in [5, 5.41) is 6.51. The summed E-state index contributed by atoms with van der Waals surface area (Å²) in [6.45, 7) is 2.13. The maximum Gasteiger partial charge on any atom is 0.416 e. The maximum absolute atomic E-state index is 13.2. The number of aliphatic imine (C=N–C) groups is 1. The minimum Gasteiger partial charge on any atom is -0.469 e. The van der Waals surface area contributed by atoms with Gasteiger partial charge >= 0.3 is 6.18 Å². The molecule has 0 spiro atoms. The SMILES string of the molecule is CN=C(NCCc1ccco1)NCC1(c2cccc(C(F)(F)F)c2)CCOCC1. The number of rotatable bonds is 6. The molecule has 1 aliphatic heterocycles. The van der Waals surface area contributed by atoms with Crippen LogP contribution in [0.2, 0.25) is 0 Å². The molecule has 1 aromatic carbocycles. The zero-order valence-electron chi connectivity index (χ0n) is 16.4. The van der Waals surface area contributed by atoms with Gasteiger partial charge in [0.2, 0.25) is 0 Å². The third-order valence-corrected chi connectivity index (χ3v) is 5.31. The number of halogens is 3. The van der Waals surface area contributed by atoms with E-state index in [1.165, 1.54) is 12.1 Å². The first-order valence-electron chi connectivity index (χ1n) is 9.65. The van der Waals surface area contributed by atoms with Crippen molar-refractivity contribution in [3.63, 3.8) is 0 Å². The van der Waals surface area contributed by atoms with E-state index >= 15 is 0 Å². The summed E-state index contributed by atoms with van der Waals surface area (Å²) >= 11 is 0. The van der Waals surface area contributed by atoms with Crippen molar-refractivity contribution in [2.24, 2.45) is 4.99 Å². The molecule has 2 aromatic rings. The first kappa shape index (κ1) is 21.2. The summed E-state index contributed by atoms with van der Waals surface area (Å²) in [7, 11) is 1.67. The summed E-state index contributed by atoms with van der Waals surface area (Å²) in [4.78, 5) is 4.23. The Balaban J connectivity index is 1.68. The van der Waals surface area contributed by atoms with E-state index in [4.69, 9.17) is 9.15 Å². The quantitative estimate of drug-likeness (QED) is 0.564. The van der Waals surface area contributed by atoms with Crippen molar-refractivity contribution in [1.82, 2.24) is 10.6 Å². The zero-order chi connectivity index (χ0) is 20.7. The predicted octanol–water partition coefficient (Wildman–Crippen LogP) is 3.75. The highest BCUT2D eigenvalue weighted by molar-refractivity contribution is 5.79. The van der Waals surface area contributed by atoms with Gasteiger partial charge in [-0.15, -0.1) is 0 Å². The molecule has 0 atom stereocenters. The van der Waals surface area contributed by atoms with E-state index in [1.807, 2.05) is 12.1 Å². The van der Waals surface area contributed by atoms with Gasteiger partial charge in [0, 0.05) is 45.2 Å². The van der Waals surface area contributed by atoms with Crippen LogP contribution < -0.4 is 10.6 Å². The fourth-order valence-electron chi connectivity index (χ4n) is 3.59. The van der Waals surface area contributed by atoms with Gasteiger partial charge in [-0.05, 0) is 36.6 Å². The van der Waals surface area contributed by atoms with Crippen LogP contribution in [0, 0.1) is 0 Å². The average Bonchev–Trinajstić information content (AvgIpc) is 3.24. The molecule has 0 aliphatic carbocycles. The molecule has 2 heterocycles. The highest BCUT2D eigenvalue weighted by Gasteiger charge is 2.37. The van der Waals surface area contributed by atoms with Crippen molar-refractivity contribution in [3.05, 3.63) is 59.5 Å². The summed E-state index contributed by atoms with van der Waals surface area (Å²) in [5.74, 6) is 1.48. The first-order valence-corrected chi connectivity index (χ1v) is 9.65.